The summed E-state index contributed by atoms with van der Waals surface area (Å²) in [5, 5.41) is 0. The minimum Gasteiger partial charge on any atom is -0.493 e. The molecular weight excluding hydrogens is 260 g/mol. The molecule has 0 aromatic heterocycles. The standard InChI is InChI=1S/C19H16O2/c20-17-11-12-21-18(13-17)14-19(15-7-3-1-4-8-15)16-9-5-2-6-10-16/h1-12,14,18H,13H2. The predicted molar refractivity (Wildman–Crippen MR) is 83.6 cm³/mol. The van der Waals surface area contributed by atoms with Crippen molar-refractivity contribution in [3.8, 4) is 0 Å². The molecular formula is C19H16O2. The van der Waals surface area contributed by atoms with Crippen molar-refractivity contribution in [2.24, 2.45) is 0 Å². The molecule has 2 heteroatoms. The van der Waals surface area contributed by atoms with Gasteiger partial charge in [-0.25, -0.2) is 0 Å². The van der Waals surface area contributed by atoms with E-state index in [1.807, 2.05) is 42.5 Å². The van der Waals surface area contributed by atoms with Crippen LogP contribution in [0.25, 0.3) is 5.57 Å². The number of carbonyl (C=O) groups excluding carboxylic acids is 1. The summed E-state index contributed by atoms with van der Waals surface area (Å²) in [7, 11) is 0. The van der Waals surface area contributed by atoms with Gasteiger partial charge in [-0.15, -0.1) is 0 Å². The van der Waals surface area contributed by atoms with Crippen molar-refractivity contribution in [3.63, 3.8) is 0 Å². The van der Waals surface area contributed by atoms with Crippen molar-refractivity contribution in [1.29, 1.82) is 0 Å². The number of ketones is 1. The van der Waals surface area contributed by atoms with Gasteiger partial charge in [0.05, 0.1) is 12.7 Å². The maximum atomic E-state index is 11.5. The van der Waals surface area contributed by atoms with Crippen molar-refractivity contribution in [2.75, 3.05) is 0 Å². The van der Waals surface area contributed by atoms with Crippen LogP contribution in [0.5, 0.6) is 0 Å². The number of ether oxygens (including phenoxy) is 1. The first-order valence-corrected chi connectivity index (χ1v) is 7.00. The minimum absolute atomic E-state index is 0.1000. The highest BCUT2D eigenvalue weighted by molar-refractivity contribution is 5.91. The molecule has 0 saturated carbocycles. The van der Waals surface area contributed by atoms with Gasteiger partial charge in [-0.05, 0) is 22.8 Å². The van der Waals surface area contributed by atoms with Crippen molar-refractivity contribution in [2.45, 2.75) is 12.5 Å². The summed E-state index contributed by atoms with van der Waals surface area (Å²) in [6, 6.07) is 20.3. The molecule has 104 valence electrons. The SMILES string of the molecule is O=C1C=COC(C=C(c2ccccc2)c2ccccc2)C1. The Hall–Kier alpha value is -2.61. The Balaban J connectivity index is 2.01. The van der Waals surface area contributed by atoms with Crippen LogP contribution in [0.1, 0.15) is 17.5 Å². The highest BCUT2D eigenvalue weighted by Gasteiger charge is 2.16. The van der Waals surface area contributed by atoms with Gasteiger partial charge in [-0.1, -0.05) is 60.7 Å². The van der Waals surface area contributed by atoms with Gasteiger partial charge in [-0.2, -0.15) is 0 Å². The summed E-state index contributed by atoms with van der Waals surface area (Å²) < 4.78 is 5.54. The van der Waals surface area contributed by atoms with E-state index >= 15 is 0 Å². The Morgan fingerprint density at radius 2 is 1.52 bits per heavy atom. The normalized spacial score (nSPS) is 17.1. The number of benzene rings is 2. The van der Waals surface area contributed by atoms with Crippen LogP contribution >= 0.6 is 0 Å². The van der Waals surface area contributed by atoms with E-state index in [1.165, 1.54) is 12.3 Å². The second-order valence-electron chi connectivity index (χ2n) is 4.96. The maximum absolute atomic E-state index is 11.5. The van der Waals surface area contributed by atoms with Crippen LogP contribution in [-0.2, 0) is 9.53 Å². The van der Waals surface area contributed by atoms with Gasteiger partial charge >= 0.3 is 0 Å². The molecule has 0 spiro atoms. The lowest BCUT2D eigenvalue weighted by molar-refractivity contribution is -0.117. The molecule has 21 heavy (non-hydrogen) atoms. The number of hydrogen-bond donors (Lipinski definition) is 0. The lowest BCUT2D eigenvalue weighted by Gasteiger charge is -2.17. The zero-order valence-corrected chi connectivity index (χ0v) is 11.6. The number of hydrogen-bond acceptors (Lipinski definition) is 2. The summed E-state index contributed by atoms with van der Waals surface area (Å²) in [5.74, 6) is 0.1000. The Kier molecular flexibility index (Phi) is 3.97. The summed E-state index contributed by atoms with van der Waals surface area (Å²) >= 11 is 0. The Labute approximate surface area is 124 Å². The van der Waals surface area contributed by atoms with Crippen LogP contribution in [0.2, 0.25) is 0 Å². The molecule has 0 amide bonds. The van der Waals surface area contributed by atoms with E-state index in [-0.39, 0.29) is 11.9 Å². The van der Waals surface area contributed by atoms with Gasteiger partial charge in [0.15, 0.2) is 5.78 Å². The topological polar surface area (TPSA) is 26.3 Å². The first kappa shape index (κ1) is 13.4. The molecule has 1 aliphatic rings. The van der Waals surface area contributed by atoms with Crippen molar-refractivity contribution < 1.29 is 9.53 Å². The summed E-state index contributed by atoms with van der Waals surface area (Å²) in [4.78, 5) is 11.5. The third-order valence-electron chi connectivity index (χ3n) is 3.43. The van der Waals surface area contributed by atoms with Gasteiger partial charge in [0.1, 0.15) is 6.10 Å². The average molecular weight is 276 g/mol. The second kappa shape index (κ2) is 6.23. The molecule has 1 aliphatic heterocycles. The molecule has 1 unspecified atom stereocenters. The molecule has 0 fully saturated rings. The zero-order valence-electron chi connectivity index (χ0n) is 11.6. The third-order valence-corrected chi connectivity index (χ3v) is 3.43. The average Bonchev–Trinajstić information content (AvgIpc) is 2.54. The van der Waals surface area contributed by atoms with E-state index in [9.17, 15) is 4.79 Å². The molecule has 2 nitrogen and oxygen atoms in total. The molecule has 0 saturated heterocycles. The maximum Gasteiger partial charge on any atom is 0.162 e. The smallest absolute Gasteiger partial charge is 0.162 e. The summed E-state index contributed by atoms with van der Waals surface area (Å²) in [6.45, 7) is 0. The fourth-order valence-electron chi connectivity index (χ4n) is 2.41. The minimum atomic E-state index is -0.210. The molecule has 2 aromatic rings. The molecule has 1 atom stereocenters. The lowest BCUT2D eigenvalue weighted by Crippen LogP contribution is -2.16. The van der Waals surface area contributed by atoms with Gasteiger partial charge in [-0.3, -0.25) is 4.79 Å². The fraction of sp³-hybridized carbons (Fsp3) is 0.105. The fourth-order valence-corrected chi connectivity index (χ4v) is 2.41. The highest BCUT2D eigenvalue weighted by Crippen LogP contribution is 2.25. The highest BCUT2D eigenvalue weighted by atomic mass is 16.5. The second-order valence-corrected chi connectivity index (χ2v) is 4.96. The third kappa shape index (κ3) is 3.29. The van der Waals surface area contributed by atoms with Gasteiger partial charge in [0.2, 0.25) is 0 Å². The van der Waals surface area contributed by atoms with Crippen LogP contribution in [0.3, 0.4) is 0 Å². The quantitative estimate of drug-likeness (QED) is 0.847. The summed E-state index contributed by atoms with van der Waals surface area (Å²) in [6.07, 6.45) is 5.18. The Morgan fingerprint density at radius 3 is 2.05 bits per heavy atom. The van der Waals surface area contributed by atoms with E-state index in [4.69, 9.17) is 4.74 Å². The van der Waals surface area contributed by atoms with Crippen molar-refractivity contribution in [3.05, 3.63) is 90.2 Å². The van der Waals surface area contributed by atoms with Gasteiger partial charge < -0.3 is 4.74 Å². The summed E-state index contributed by atoms with van der Waals surface area (Å²) in [5.41, 5.74) is 3.33. The molecule has 0 radical (unpaired) electrons. The van der Waals surface area contributed by atoms with Crippen LogP contribution in [0.15, 0.2) is 79.1 Å². The Bertz CT molecular complexity index is 628. The van der Waals surface area contributed by atoms with Crippen molar-refractivity contribution >= 4 is 11.4 Å². The van der Waals surface area contributed by atoms with Crippen LogP contribution < -0.4 is 0 Å². The monoisotopic (exact) mass is 276 g/mol. The number of allylic oxidation sites excluding steroid dienone is 1. The Morgan fingerprint density at radius 1 is 0.952 bits per heavy atom. The molecule has 0 aliphatic carbocycles. The van der Waals surface area contributed by atoms with E-state index < -0.39 is 0 Å². The van der Waals surface area contributed by atoms with E-state index in [1.54, 1.807) is 0 Å². The zero-order chi connectivity index (χ0) is 14.5. The van der Waals surface area contributed by atoms with E-state index in [2.05, 4.69) is 24.3 Å². The van der Waals surface area contributed by atoms with Crippen LogP contribution in [-0.4, -0.2) is 11.9 Å². The van der Waals surface area contributed by atoms with Gasteiger partial charge in [0.25, 0.3) is 0 Å². The first-order valence-electron chi connectivity index (χ1n) is 7.00. The van der Waals surface area contributed by atoms with E-state index in [0.717, 1.165) is 16.7 Å². The number of rotatable bonds is 3. The molecule has 0 bridgehead atoms. The molecule has 1 heterocycles. The molecule has 0 N–H and O–H groups in total. The van der Waals surface area contributed by atoms with Crippen LogP contribution in [0.4, 0.5) is 0 Å². The van der Waals surface area contributed by atoms with Crippen molar-refractivity contribution in [1.82, 2.24) is 0 Å². The molecule has 2 aromatic carbocycles. The number of carbonyl (C=O) groups is 1. The largest absolute Gasteiger partial charge is 0.493 e. The predicted octanol–water partition coefficient (Wildman–Crippen LogP) is 3.99. The first-order chi connectivity index (χ1) is 10.3. The van der Waals surface area contributed by atoms with Gasteiger partial charge in [0, 0.05) is 6.08 Å². The van der Waals surface area contributed by atoms with E-state index in [0.29, 0.717) is 6.42 Å². The molecule has 3 rings (SSSR count). The lowest BCUT2D eigenvalue weighted by atomic mass is 9.95. The van der Waals surface area contributed by atoms with Crippen LogP contribution in [0, 0.1) is 0 Å².